The smallest absolute Gasteiger partial charge is 0.136 e. The summed E-state index contributed by atoms with van der Waals surface area (Å²) < 4.78 is 5.83. The van der Waals surface area contributed by atoms with Crippen LogP contribution >= 0.6 is 0 Å². The van der Waals surface area contributed by atoms with Crippen LogP contribution in [0.5, 0.6) is 5.75 Å². The van der Waals surface area contributed by atoms with E-state index in [-0.39, 0.29) is 5.92 Å². The molecule has 0 spiro atoms. The van der Waals surface area contributed by atoms with Crippen molar-refractivity contribution in [3.8, 4) is 5.75 Å². The van der Waals surface area contributed by atoms with E-state index in [1.807, 2.05) is 12.1 Å². The van der Waals surface area contributed by atoms with E-state index in [1.165, 1.54) is 23.1 Å². The third-order valence-electron chi connectivity index (χ3n) is 4.61. The van der Waals surface area contributed by atoms with Gasteiger partial charge in [-0.1, -0.05) is 48.4 Å². The molecule has 1 aliphatic carbocycles. The van der Waals surface area contributed by atoms with Gasteiger partial charge in [-0.2, -0.15) is 0 Å². The Morgan fingerprint density at radius 3 is 2.35 bits per heavy atom. The Labute approximate surface area is 138 Å². The Bertz CT molecular complexity index is 641. The highest BCUT2D eigenvalue weighted by Crippen LogP contribution is 2.25. The fourth-order valence-electron chi connectivity index (χ4n) is 3.13. The van der Waals surface area contributed by atoms with Crippen LogP contribution in [-0.2, 0) is 17.8 Å². The zero-order valence-corrected chi connectivity index (χ0v) is 13.8. The minimum Gasteiger partial charge on any atom is -0.489 e. The molecule has 0 saturated heterocycles. The Hall–Kier alpha value is -2.09. The van der Waals surface area contributed by atoms with Crippen LogP contribution < -0.4 is 4.74 Å². The number of rotatable bonds is 5. The van der Waals surface area contributed by atoms with Crippen molar-refractivity contribution in [3.63, 3.8) is 0 Å². The molecule has 0 aromatic heterocycles. The predicted molar refractivity (Wildman–Crippen MR) is 92.6 cm³/mol. The van der Waals surface area contributed by atoms with Crippen molar-refractivity contribution in [3.05, 3.63) is 65.2 Å². The summed E-state index contributed by atoms with van der Waals surface area (Å²) in [5.74, 6) is 1.54. The van der Waals surface area contributed by atoms with E-state index in [4.69, 9.17) is 4.74 Å². The number of ketones is 1. The monoisotopic (exact) mass is 308 g/mol. The van der Waals surface area contributed by atoms with Gasteiger partial charge in [-0.3, -0.25) is 4.79 Å². The van der Waals surface area contributed by atoms with E-state index in [0.29, 0.717) is 12.4 Å². The van der Waals surface area contributed by atoms with Gasteiger partial charge >= 0.3 is 0 Å². The van der Waals surface area contributed by atoms with Crippen molar-refractivity contribution < 1.29 is 9.53 Å². The summed E-state index contributed by atoms with van der Waals surface area (Å²) in [7, 11) is 0. The van der Waals surface area contributed by atoms with Crippen molar-refractivity contribution in [2.45, 2.75) is 45.6 Å². The second-order valence-corrected chi connectivity index (χ2v) is 6.53. The van der Waals surface area contributed by atoms with Crippen LogP contribution in [0.4, 0.5) is 0 Å². The molecule has 2 aromatic carbocycles. The number of ether oxygens (including phenoxy) is 1. The first-order valence-electron chi connectivity index (χ1n) is 8.51. The molecule has 0 aliphatic heterocycles. The molecular weight excluding hydrogens is 284 g/mol. The predicted octanol–water partition coefficient (Wildman–Crippen LogP) is 4.88. The minimum absolute atomic E-state index is 0.225. The van der Waals surface area contributed by atoms with Crippen LogP contribution in [0.25, 0.3) is 0 Å². The Morgan fingerprint density at radius 2 is 1.65 bits per heavy atom. The molecule has 2 aromatic rings. The lowest BCUT2D eigenvalue weighted by atomic mass is 9.84. The third kappa shape index (κ3) is 4.44. The summed E-state index contributed by atoms with van der Waals surface area (Å²) in [6, 6.07) is 16.6. The highest BCUT2D eigenvalue weighted by Gasteiger charge is 2.22. The number of aryl methyl sites for hydroxylation is 1. The molecule has 3 rings (SSSR count). The first kappa shape index (κ1) is 15.8. The Balaban J connectivity index is 1.54. The van der Waals surface area contributed by atoms with E-state index < -0.39 is 0 Å². The standard InChI is InChI=1S/C21H24O2/c1-16-6-8-18(9-7-16)15-23-20-12-10-17(11-13-20)14-19-4-2-3-5-21(19)22/h6-13,19H,2-5,14-15H2,1H3. The molecule has 2 nitrogen and oxygen atoms in total. The van der Waals surface area contributed by atoms with Crippen LogP contribution in [-0.4, -0.2) is 5.78 Å². The zero-order chi connectivity index (χ0) is 16.1. The topological polar surface area (TPSA) is 26.3 Å². The molecule has 0 amide bonds. The van der Waals surface area contributed by atoms with Crippen LogP contribution in [0.3, 0.4) is 0 Å². The minimum atomic E-state index is 0.225. The van der Waals surface area contributed by atoms with Crippen molar-refractivity contribution >= 4 is 5.78 Å². The second-order valence-electron chi connectivity index (χ2n) is 6.53. The first-order chi connectivity index (χ1) is 11.2. The van der Waals surface area contributed by atoms with Crippen molar-refractivity contribution in [2.24, 2.45) is 5.92 Å². The summed E-state index contributed by atoms with van der Waals surface area (Å²) in [6.07, 6.45) is 4.94. The largest absolute Gasteiger partial charge is 0.489 e. The summed E-state index contributed by atoms with van der Waals surface area (Å²) in [5, 5.41) is 0. The lowest BCUT2D eigenvalue weighted by Crippen LogP contribution is -2.20. The van der Waals surface area contributed by atoms with E-state index in [2.05, 4.69) is 43.3 Å². The zero-order valence-electron chi connectivity index (χ0n) is 13.8. The van der Waals surface area contributed by atoms with Crippen molar-refractivity contribution in [1.82, 2.24) is 0 Å². The SMILES string of the molecule is Cc1ccc(COc2ccc(CC3CCCCC3=O)cc2)cc1. The number of Topliss-reactive ketones (excluding diaryl/α,β-unsaturated/α-hetero) is 1. The molecule has 0 N–H and O–H groups in total. The van der Waals surface area contributed by atoms with Gasteiger partial charge in [0.25, 0.3) is 0 Å². The van der Waals surface area contributed by atoms with Crippen LogP contribution in [0, 0.1) is 12.8 Å². The van der Waals surface area contributed by atoms with Crippen LogP contribution in [0.15, 0.2) is 48.5 Å². The fourth-order valence-corrected chi connectivity index (χ4v) is 3.13. The lowest BCUT2D eigenvalue weighted by molar-refractivity contribution is -0.124. The first-order valence-corrected chi connectivity index (χ1v) is 8.51. The highest BCUT2D eigenvalue weighted by atomic mass is 16.5. The van der Waals surface area contributed by atoms with Gasteiger partial charge in [-0.25, -0.2) is 0 Å². The molecule has 120 valence electrons. The number of benzene rings is 2. The molecule has 2 heteroatoms. The van der Waals surface area contributed by atoms with E-state index >= 15 is 0 Å². The van der Waals surface area contributed by atoms with Gasteiger partial charge in [-0.15, -0.1) is 0 Å². The summed E-state index contributed by atoms with van der Waals surface area (Å²) >= 11 is 0. The van der Waals surface area contributed by atoms with Crippen LogP contribution in [0.2, 0.25) is 0 Å². The average molecular weight is 308 g/mol. The van der Waals surface area contributed by atoms with E-state index in [9.17, 15) is 4.79 Å². The third-order valence-corrected chi connectivity index (χ3v) is 4.61. The fraction of sp³-hybridized carbons (Fsp3) is 0.381. The highest BCUT2D eigenvalue weighted by molar-refractivity contribution is 5.81. The second kappa shape index (κ2) is 7.45. The molecule has 1 unspecified atom stereocenters. The van der Waals surface area contributed by atoms with Gasteiger partial charge in [0.1, 0.15) is 18.1 Å². The molecule has 0 heterocycles. The maximum atomic E-state index is 11.9. The van der Waals surface area contributed by atoms with Gasteiger partial charge in [0.05, 0.1) is 0 Å². The van der Waals surface area contributed by atoms with Gasteiger partial charge in [-0.05, 0) is 49.4 Å². The van der Waals surface area contributed by atoms with Crippen molar-refractivity contribution in [2.75, 3.05) is 0 Å². The quantitative estimate of drug-likeness (QED) is 0.787. The van der Waals surface area contributed by atoms with E-state index in [0.717, 1.165) is 31.4 Å². The Morgan fingerprint density at radius 1 is 0.957 bits per heavy atom. The summed E-state index contributed by atoms with van der Waals surface area (Å²) in [5.41, 5.74) is 3.66. The van der Waals surface area contributed by atoms with Gasteiger partial charge < -0.3 is 4.74 Å². The molecular formula is C21H24O2. The van der Waals surface area contributed by atoms with Gasteiger partial charge in [0.2, 0.25) is 0 Å². The molecule has 0 bridgehead atoms. The van der Waals surface area contributed by atoms with E-state index in [1.54, 1.807) is 0 Å². The normalized spacial score (nSPS) is 18.0. The number of hydrogen-bond donors (Lipinski definition) is 0. The maximum absolute atomic E-state index is 11.9. The van der Waals surface area contributed by atoms with Gasteiger partial charge in [0, 0.05) is 12.3 Å². The summed E-state index contributed by atoms with van der Waals surface area (Å²) in [4.78, 5) is 11.9. The van der Waals surface area contributed by atoms with Crippen LogP contribution in [0.1, 0.15) is 42.4 Å². The molecule has 1 atom stereocenters. The number of carbonyl (C=O) groups excluding carboxylic acids is 1. The molecule has 0 radical (unpaired) electrons. The van der Waals surface area contributed by atoms with Crippen molar-refractivity contribution in [1.29, 1.82) is 0 Å². The lowest BCUT2D eigenvalue weighted by Gasteiger charge is -2.20. The summed E-state index contributed by atoms with van der Waals surface area (Å²) in [6.45, 7) is 2.67. The Kier molecular flexibility index (Phi) is 5.12. The molecule has 1 fully saturated rings. The average Bonchev–Trinajstić information content (AvgIpc) is 2.58. The van der Waals surface area contributed by atoms with Gasteiger partial charge in [0.15, 0.2) is 0 Å². The number of carbonyl (C=O) groups is 1. The molecule has 23 heavy (non-hydrogen) atoms. The molecule has 1 aliphatic rings. The molecule has 1 saturated carbocycles. The maximum Gasteiger partial charge on any atom is 0.136 e. The number of hydrogen-bond acceptors (Lipinski definition) is 2.